The second-order valence-corrected chi connectivity index (χ2v) is 5.20. The zero-order valence-corrected chi connectivity index (χ0v) is 14.6. The van der Waals surface area contributed by atoms with Crippen LogP contribution in [0.3, 0.4) is 0 Å². The fourth-order valence-corrected chi connectivity index (χ4v) is 2.07. The van der Waals surface area contributed by atoms with Gasteiger partial charge < -0.3 is 25.2 Å². The molecule has 8 heteroatoms. The minimum atomic E-state index is -0.488. The molecule has 25 heavy (non-hydrogen) atoms. The zero-order chi connectivity index (χ0) is 18.3. The lowest BCUT2D eigenvalue weighted by molar-refractivity contribution is 0.136. The summed E-state index contributed by atoms with van der Waals surface area (Å²) in [6.07, 6.45) is -0.952. The maximum Gasteiger partial charge on any atom is 0.407 e. The normalized spacial score (nSPS) is 10.4. The van der Waals surface area contributed by atoms with Gasteiger partial charge >= 0.3 is 12.2 Å². The summed E-state index contributed by atoms with van der Waals surface area (Å²) >= 11 is 0. The fraction of sp³-hybridized carbons (Fsp3) is 0.529. The number of aliphatic hydroxyl groups is 1. The summed E-state index contributed by atoms with van der Waals surface area (Å²) in [5.41, 5.74) is 0.921. The van der Waals surface area contributed by atoms with Gasteiger partial charge in [0, 0.05) is 32.7 Å². The van der Waals surface area contributed by atoms with E-state index in [0.29, 0.717) is 39.3 Å². The highest BCUT2D eigenvalue weighted by Crippen LogP contribution is 2.00. The molecule has 1 aromatic carbocycles. The molecule has 0 aliphatic heterocycles. The average molecular weight is 353 g/mol. The molecule has 0 saturated heterocycles. The largest absolute Gasteiger partial charge is 0.450 e. The standard InChI is InChI=1S/C17H27N3O5/c1-2-24-16(22)18-8-10-20(12-13-21)11-9-19-17(23)25-14-15-6-4-3-5-7-15/h3-7,21H,2,8-14H2,1H3,(H,18,22)(H,19,23). The first-order valence-corrected chi connectivity index (χ1v) is 8.34. The Labute approximate surface area is 148 Å². The highest BCUT2D eigenvalue weighted by atomic mass is 16.6. The van der Waals surface area contributed by atoms with E-state index in [1.54, 1.807) is 6.92 Å². The molecule has 8 nitrogen and oxygen atoms in total. The Morgan fingerprint density at radius 1 is 1.00 bits per heavy atom. The van der Waals surface area contributed by atoms with Crippen LogP contribution in [0.15, 0.2) is 30.3 Å². The molecular weight excluding hydrogens is 326 g/mol. The van der Waals surface area contributed by atoms with Gasteiger partial charge in [-0.05, 0) is 12.5 Å². The predicted molar refractivity (Wildman–Crippen MR) is 93.2 cm³/mol. The van der Waals surface area contributed by atoms with Crippen LogP contribution < -0.4 is 10.6 Å². The van der Waals surface area contributed by atoms with Crippen molar-refractivity contribution in [1.82, 2.24) is 15.5 Å². The van der Waals surface area contributed by atoms with Crippen LogP contribution in [0.1, 0.15) is 12.5 Å². The number of hydrogen-bond donors (Lipinski definition) is 3. The molecule has 3 N–H and O–H groups in total. The summed E-state index contributed by atoms with van der Waals surface area (Å²) in [6.45, 7) is 4.58. The molecule has 0 spiro atoms. The number of nitrogens with zero attached hydrogens (tertiary/aromatic N) is 1. The van der Waals surface area contributed by atoms with Gasteiger partial charge in [-0.25, -0.2) is 9.59 Å². The number of nitrogens with one attached hydrogen (secondary N) is 2. The van der Waals surface area contributed by atoms with Crippen LogP contribution in [0.25, 0.3) is 0 Å². The Hall–Kier alpha value is -2.32. The molecule has 0 aliphatic rings. The number of carbonyl (C=O) groups excluding carboxylic acids is 2. The van der Waals surface area contributed by atoms with Crippen molar-refractivity contribution >= 4 is 12.2 Å². The van der Waals surface area contributed by atoms with E-state index in [1.165, 1.54) is 0 Å². The maximum atomic E-state index is 11.7. The highest BCUT2D eigenvalue weighted by molar-refractivity contribution is 5.67. The molecule has 0 bridgehead atoms. The minimum absolute atomic E-state index is 0.00212. The lowest BCUT2D eigenvalue weighted by Crippen LogP contribution is -2.41. The molecule has 0 fully saturated rings. The van der Waals surface area contributed by atoms with Crippen LogP contribution in [-0.4, -0.2) is 68.1 Å². The first-order valence-electron chi connectivity index (χ1n) is 8.34. The van der Waals surface area contributed by atoms with Crippen molar-refractivity contribution in [2.75, 3.05) is 45.9 Å². The van der Waals surface area contributed by atoms with Gasteiger partial charge in [0.15, 0.2) is 0 Å². The summed E-state index contributed by atoms with van der Waals surface area (Å²) in [4.78, 5) is 24.8. The lowest BCUT2D eigenvalue weighted by Gasteiger charge is -2.21. The van der Waals surface area contributed by atoms with Gasteiger partial charge in [-0.1, -0.05) is 30.3 Å². The molecule has 1 aromatic rings. The summed E-state index contributed by atoms with van der Waals surface area (Å²) in [6, 6.07) is 9.43. The zero-order valence-electron chi connectivity index (χ0n) is 14.6. The molecule has 0 radical (unpaired) electrons. The Balaban J connectivity index is 2.18. The minimum Gasteiger partial charge on any atom is -0.450 e. The molecule has 0 atom stereocenters. The quantitative estimate of drug-likeness (QED) is 0.548. The van der Waals surface area contributed by atoms with Crippen molar-refractivity contribution in [1.29, 1.82) is 0 Å². The van der Waals surface area contributed by atoms with Crippen LogP contribution in [0.4, 0.5) is 9.59 Å². The Morgan fingerprint density at radius 2 is 1.60 bits per heavy atom. The SMILES string of the molecule is CCOC(=O)NCCN(CCO)CCNC(=O)OCc1ccccc1. The van der Waals surface area contributed by atoms with E-state index in [9.17, 15) is 9.59 Å². The second kappa shape index (κ2) is 13.0. The first-order chi connectivity index (χ1) is 12.2. The number of alkyl carbamates (subject to hydrolysis) is 2. The number of rotatable bonds is 11. The Morgan fingerprint density at radius 3 is 2.16 bits per heavy atom. The topological polar surface area (TPSA) is 100 Å². The number of carbonyl (C=O) groups is 2. The van der Waals surface area contributed by atoms with E-state index in [2.05, 4.69) is 10.6 Å². The van der Waals surface area contributed by atoms with Gasteiger partial charge in [-0.3, -0.25) is 4.90 Å². The van der Waals surface area contributed by atoms with Gasteiger partial charge in [0.2, 0.25) is 0 Å². The van der Waals surface area contributed by atoms with Crippen LogP contribution >= 0.6 is 0 Å². The molecule has 0 heterocycles. The number of amides is 2. The predicted octanol–water partition coefficient (Wildman–Crippen LogP) is 0.953. The van der Waals surface area contributed by atoms with Crippen molar-refractivity contribution in [2.24, 2.45) is 0 Å². The lowest BCUT2D eigenvalue weighted by atomic mass is 10.2. The van der Waals surface area contributed by atoms with Gasteiger partial charge in [0.1, 0.15) is 6.61 Å². The number of ether oxygens (including phenoxy) is 2. The third-order valence-corrected chi connectivity index (χ3v) is 3.30. The Bertz CT molecular complexity index is 498. The van der Waals surface area contributed by atoms with Crippen molar-refractivity contribution in [2.45, 2.75) is 13.5 Å². The maximum absolute atomic E-state index is 11.7. The third kappa shape index (κ3) is 10.2. The molecular formula is C17H27N3O5. The van der Waals surface area contributed by atoms with Crippen molar-refractivity contribution < 1.29 is 24.2 Å². The van der Waals surface area contributed by atoms with E-state index >= 15 is 0 Å². The average Bonchev–Trinajstić information content (AvgIpc) is 2.61. The summed E-state index contributed by atoms with van der Waals surface area (Å²) in [7, 11) is 0. The van der Waals surface area contributed by atoms with Crippen molar-refractivity contribution in [3.8, 4) is 0 Å². The smallest absolute Gasteiger partial charge is 0.407 e. The van der Waals surface area contributed by atoms with Crippen molar-refractivity contribution in [3.63, 3.8) is 0 Å². The molecule has 0 unspecified atom stereocenters. The van der Waals surface area contributed by atoms with Crippen LogP contribution in [-0.2, 0) is 16.1 Å². The van der Waals surface area contributed by atoms with Crippen LogP contribution in [0.5, 0.6) is 0 Å². The van der Waals surface area contributed by atoms with Crippen LogP contribution in [0.2, 0.25) is 0 Å². The van der Waals surface area contributed by atoms with Crippen LogP contribution in [0, 0.1) is 0 Å². The number of benzene rings is 1. The molecule has 140 valence electrons. The van der Waals surface area contributed by atoms with Gasteiger partial charge in [-0.15, -0.1) is 0 Å². The fourth-order valence-electron chi connectivity index (χ4n) is 2.07. The molecule has 2 amide bonds. The number of aliphatic hydroxyl groups excluding tert-OH is 1. The molecule has 0 aromatic heterocycles. The van der Waals surface area contributed by atoms with E-state index in [1.807, 2.05) is 35.2 Å². The second-order valence-electron chi connectivity index (χ2n) is 5.20. The first kappa shape index (κ1) is 20.7. The van der Waals surface area contributed by atoms with Gasteiger partial charge in [0.05, 0.1) is 13.2 Å². The molecule has 0 saturated carbocycles. The third-order valence-electron chi connectivity index (χ3n) is 3.30. The van der Waals surface area contributed by atoms with Gasteiger partial charge in [-0.2, -0.15) is 0 Å². The molecule has 1 rings (SSSR count). The van der Waals surface area contributed by atoms with E-state index in [-0.39, 0.29) is 13.2 Å². The number of hydrogen-bond acceptors (Lipinski definition) is 6. The monoisotopic (exact) mass is 353 g/mol. The van der Waals surface area contributed by atoms with E-state index < -0.39 is 12.2 Å². The summed E-state index contributed by atoms with van der Waals surface area (Å²) < 4.78 is 9.89. The van der Waals surface area contributed by atoms with E-state index in [0.717, 1.165) is 5.56 Å². The molecule has 0 aliphatic carbocycles. The Kier molecular flexibility index (Phi) is 10.8. The van der Waals surface area contributed by atoms with Gasteiger partial charge in [0.25, 0.3) is 0 Å². The van der Waals surface area contributed by atoms with E-state index in [4.69, 9.17) is 14.6 Å². The highest BCUT2D eigenvalue weighted by Gasteiger charge is 2.08. The van der Waals surface area contributed by atoms with Crippen molar-refractivity contribution in [3.05, 3.63) is 35.9 Å². The summed E-state index contributed by atoms with van der Waals surface area (Å²) in [5, 5.41) is 14.4. The summed E-state index contributed by atoms with van der Waals surface area (Å²) in [5.74, 6) is 0.